The predicted molar refractivity (Wildman–Crippen MR) is 99.5 cm³/mol. The Hall–Kier alpha value is -2.61. The molecule has 2 aromatic carbocycles. The van der Waals surface area contributed by atoms with Crippen LogP contribution in [-0.4, -0.2) is 27.7 Å². The molecule has 0 saturated carbocycles. The third-order valence-corrected chi connectivity index (χ3v) is 5.93. The van der Waals surface area contributed by atoms with Gasteiger partial charge in [-0.25, -0.2) is 0 Å². The molecule has 4 rings (SSSR count). The lowest BCUT2D eigenvalue weighted by atomic mass is 10.1. The molecule has 2 N–H and O–H groups in total. The Morgan fingerprint density at radius 1 is 1.12 bits per heavy atom. The number of hydrogen-bond donors (Lipinski definition) is 2. The molecule has 2 aromatic heterocycles. The third kappa shape index (κ3) is 2.70. The quantitative estimate of drug-likeness (QED) is 0.561. The van der Waals surface area contributed by atoms with Crippen molar-refractivity contribution in [1.29, 1.82) is 0 Å². The number of halogens is 1. The summed E-state index contributed by atoms with van der Waals surface area (Å²) in [5.41, 5.74) is 2.47. The fourth-order valence-corrected chi connectivity index (χ4v) is 4.36. The van der Waals surface area contributed by atoms with Gasteiger partial charge in [0, 0.05) is 27.4 Å². The lowest BCUT2D eigenvalue weighted by Gasteiger charge is -2.07. The first-order valence-corrected chi connectivity index (χ1v) is 9.59. The summed E-state index contributed by atoms with van der Waals surface area (Å²) >= 11 is 6.24. The zero-order valence-electron chi connectivity index (χ0n) is 13.4. The lowest BCUT2D eigenvalue weighted by Crippen LogP contribution is -2.14. The van der Waals surface area contributed by atoms with Crippen molar-refractivity contribution in [3.05, 3.63) is 71.5 Å². The standard InChI is InChI=1S/C18H14ClN3O3S/c19-12-8-15(17-7-6-13(11-23)21-17)16-10-20-22(18(16)9-12)26(24,25)14-4-2-1-3-5-14/h1-10,21,23H,11H2. The van der Waals surface area contributed by atoms with Crippen LogP contribution >= 0.6 is 11.6 Å². The fourth-order valence-electron chi connectivity index (χ4n) is 2.87. The van der Waals surface area contributed by atoms with E-state index in [1.165, 1.54) is 18.3 Å². The molecule has 0 amide bonds. The van der Waals surface area contributed by atoms with Gasteiger partial charge in [0.25, 0.3) is 10.0 Å². The maximum atomic E-state index is 12.9. The molecule has 132 valence electrons. The van der Waals surface area contributed by atoms with Gasteiger partial charge >= 0.3 is 0 Å². The van der Waals surface area contributed by atoms with E-state index in [-0.39, 0.29) is 11.5 Å². The number of nitrogens with one attached hydrogen (secondary N) is 1. The van der Waals surface area contributed by atoms with Crippen molar-refractivity contribution in [2.45, 2.75) is 11.5 Å². The molecule has 6 nitrogen and oxygen atoms in total. The maximum Gasteiger partial charge on any atom is 0.283 e. The van der Waals surface area contributed by atoms with Gasteiger partial charge in [-0.15, -0.1) is 0 Å². The molecule has 0 unspecified atom stereocenters. The number of benzene rings is 2. The molecule has 0 aliphatic heterocycles. The van der Waals surface area contributed by atoms with E-state index in [1.54, 1.807) is 42.5 Å². The van der Waals surface area contributed by atoms with Crippen LogP contribution in [-0.2, 0) is 16.6 Å². The van der Waals surface area contributed by atoms with Gasteiger partial charge in [-0.1, -0.05) is 29.8 Å². The molecule has 0 aliphatic rings. The van der Waals surface area contributed by atoms with Crippen molar-refractivity contribution < 1.29 is 13.5 Å². The Bertz CT molecular complexity index is 1200. The van der Waals surface area contributed by atoms with Gasteiger partial charge < -0.3 is 10.1 Å². The summed E-state index contributed by atoms with van der Waals surface area (Å²) < 4.78 is 26.9. The number of aromatic amines is 1. The molecular weight excluding hydrogens is 374 g/mol. The van der Waals surface area contributed by atoms with E-state index in [1.807, 2.05) is 0 Å². The highest BCUT2D eigenvalue weighted by molar-refractivity contribution is 7.90. The van der Waals surface area contributed by atoms with Crippen LogP contribution < -0.4 is 0 Å². The Labute approximate surface area is 154 Å². The molecular formula is C18H14ClN3O3S. The van der Waals surface area contributed by atoms with Crippen LogP contribution in [0.3, 0.4) is 0 Å². The van der Waals surface area contributed by atoms with E-state index in [2.05, 4.69) is 10.1 Å². The number of nitrogens with zero attached hydrogens (tertiary/aromatic N) is 2. The summed E-state index contributed by atoms with van der Waals surface area (Å²) in [5.74, 6) is 0. The van der Waals surface area contributed by atoms with Crippen LogP contribution in [0, 0.1) is 0 Å². The first-order valence-electron chi connectivity index (χ1n) is 7.78. The highest BCUT2D eigenvalue weighted by Crippen LogP contribution is 2.33. The largest absolute Gasteiger partial charge is 0.390 e. The maximum absolute atomic E-state index is 12.9. The summed E-state index contributed by atoms with van der Waals surface area (Å²) in [7, 11) is -3.84. The highest BCUT2D eigenvalue weighted by Gasteiger charge is 2.22. The van der Waals surface area contributed by atoms with E-state index in [0.717, 1.165) is 9.78 Å². The monoisotopic (exact) mass is 387 g/mol. The first-order chi connectivity index (χ1) is 12.5. The average Bonchev–Trinajstić information content (AvgIpc) is 3.29. The number of aliphatic hydroxyl groups is 1. The van der Waals surface area contributed by atoms with Crippen molar-refractivity contribution in [2.75, 3.05) is 0 Å². The van der Waals surface area contributed by atoms with Crippen molar-refractivity contribution in [1.82, 2.24) is 14.2 Å². The summed E-state index contributed by atoms with van der Waals surface area (Å²) in [6.07, 6.45) is 1.50. The predicted octanol–water partition coefficient (Wildman–Crippen LogP) is 3.41. The van der Waals surface area contributed by atoms with Crippen LogP contribution in [0.1, 0.15) is 5.69 Å². The third-order valence-electron chi connectivity index (χ3n) is 4.10. The average molecular weight is 388 g/mol. The van der Waals surface area contributed by atoms with Gasteiger partial charge in [0.05, 0.1) is 23.2 Å². The van der Waals surface area contributed by atoms with Crippen molar-refractivity contribution in [2.24, 2.45) is 0 Å². The van der Waals surface area contributed by atoms with Gasteiger partial charge in [-0.2, -0.15) is 17.6 Å². The minimum absolute atomic E-state index is 0.120. The van der Waals surface area contributed by atoms with Gasteiger partial charge in [-0.05, 0) is 36.4 Å². The van der Waals surface area contributed by atoms with Gasteiger partial charge in [0.15, 0.2) is 0 Å². The molecule has 4 aromatic rings. The molecule has 0 spiro atoms. The zero-order valence-corrected chi connectivity index (χ0v) is 15.0. The SMILES string of the molecule is O=S(=O)(c1ccccc1)n1ncc2c(-c3ccc(CO)[nH]3)cc(Cl)cc21. The van der Waals surface area contributed by atoms with E-state index in [0.29, 0.717) is 27.2 Å². The molecule has 0 bridgehead atoms. The van der Waals surface area contributed by atoms with Crippen LogP contribution in [0.5, 0.6) is 0 Å². The lowest BCUT2D eigenvalue weighted by molar-refractivity contribution is 0.277. The Morgan fingerprint density at radius 3 is 2.58 bits per heavy atom. The Kier molecular flexibility index (Phi) is 4.07. The van der Waals surface area contributed by atoms with E-state index < -0.39 is 10.0 Å². The molecule has 26 heavy (non-hydrogen) atoms. The van der Waals surface area contributed by atoms with Crippen LogP contribution in [0.25, 0.3) is 22.2 Å². The highest BCUT2D eigenvalue weighted by atomic mass is 35.5. The second-order valence-corrected chi connectivity index (χ2v) is 7.95. The fraction of sp³-hybridized carbons (Fsp3) is 0.0556. The minimum atomic E-state index is -3.84. The van der Waals surface area contributed by atoms with Gasteiger partial charge in [-0.3, -0.25) is 0 Å². The number of hydrogen-bond acceptors (Lipinski definition) is 4. The molecule has 0 atom stereocenters. The smallest absolute Gasteiger partial charge is 0.283 e. The number of H-pyrrole nitrogens is 1. The van der Waals surface area contributed by atoms with Gasteiger partial charge in [0.2, 0.25) is 0 Å². The van der Waals surface area contributed by atoms with Crippen LogP contribution in [0.15, 0.2) is 65.7 Å². The number of rotatable bonds is 4. The second kappa shape index (κ2) is 6.28. The molecule has 0 saturated heterocycles. The van der Waals surface area contributed by atoms with Crippen LogP contribution in [0.2, 0.25) is 5.02 Å². The number of aromatic nitrogens is 3. The number of fused-ring (bicyclic) bond motifs is 1. The van der Waals surface area contributed by atoms with Crippen LogP contribution in [0.4, 0.5) is 0 Å². The van der Waals surface area contributed by atoms with Crippen molar-refractivity contribution >= 4 is 32.5 Å². The molecule has 8 heteroatoms. The van der Waals surface area contributed by atoms with Crippen molar-refractivity contribution in [3.8, 4) is 11.3 Å². The summed E-state index contributed by atoms with van der Waals surface area (Å²) in [6.45, 7) is -0.120. The normalized spacial score (nSPS) is 11.9. The Balaban J connectivity index is 1.95. The Morgan fingerprint density at radius 2 is 1.88 bits per heavy atom. The summed E-state index contributed by atoms with van der Waals surface area (Å²) in [4.78, 5) is 3.23. The summed E-state index contributed by atoms with van der Waals surface area (Å²) in [5, 5.41) is 14.4. The molecule has 0 radical (unpaired) electrons. The van der Waals surface area contributed by atoms with E-state index in [4.69, 9.17) is 11.6 Å². The topological polar surface area (TPSA) is 88.0 Å². The second-order valence-electron chi connectivity index (χ2n) is 5.75. The van der Waals surface area contributed by atoms with Gasteiger partial charge in [0.1, 0.15) is 0 Å². The van der Waals surface area contributed by atoms with E-state index in [9.17, 15) is 13.5 Å². The molecule has 0 aliphatic carbocycles. The van der Waals surface area contributed by atoms with E-state index >= 15 is 0 Å². The number of aliphatic hydroxyl groups excluding tert-OH is 1. The molecule has 2 heterocycles. The van der Waals surface area contributed by atoms with Crippen molar-refractivity contribution in [3.63, 3.8) is 0 Å². The molecule has 0 fully saturated rings. The zero-order chi connectivity index (χ0) is 18.3. The minimum Gasteiger partial charge on any atom is -0.390 e. The summed E-state index contributed by atoms with van der Waals surface area (Å²) in [6, 6.07) is 15.0. The first kappa shape index (κ1) is 16.8.